The largest absolute Gasteiger partial charge is 0.489 e. The van der Waals surface area contributed by atoms with Crippen LogP contribution in [0.1, 0.15) is 41.4 Å². The van der Waals surface area contributed by atoms with E-state index in [0.29, 0.717) is 37.4 Å². The van der Waals surface area contributed by atoms with E-state index in [0.717, 1.165) is 22.2 Å². The number of ether oxygens (including phenoxy) is 1. The predicted molar refractivity (Wildman–Crippen MR) is 129 cm³/mol. The van der Waals surface area contributed by atoms with Crippen LogP contribution in [0.3, 0.4) is 0 Å². The molecule has 1 aromatic heterocycles. The zero-order valence-corrected chi connectivity index (χ0v) is 19.4. The first-order valence-corrected chi connectivity index (χ1v) is 11.4. The van der Waals surface area contributed by atoms with Gasteiger partial charge < -0.3 is 15.4 Å². The molecule has 1 aliphatic rings. The lowest BCUT2D eigenvalue weighted by atomic mass is 9.76. The van der Waals surface area contributed by atoms with Crippen molar-refractivity contribution in [1.29, 1.82) is 0 Å². The number of carbonyl (C=O) groups is 2. The number of rotatable bonds is 7. The number of hydrogen-bond donors (Lipinski definition) is 4. The molecule has 3 aromatic rings. The van der Waals surface area contributed by atoms with Crippen molar-refractivity contribution >= 4 is 22.7 Å². The SMILES string of the molecule is Cc1cc(COc2ccc(C(=O)NC3(CC(=O)NO)CCNCC3C)cc2)c2ccccc2n1. The molecule has 178 valence electrons. The molecular weight excluding hydrogens is 432 g/mol. The van der Waals surface area contributed by atoms with Crippen LogP contribution < -0.4 is 20.9 Å². The highest BCUT2D eigenvalue weighted by molar-refractivity contribution is 5.95. The number of pyridine rings is 1. The van der Waals surface area contributed by atoms with Crippen molar-refractivity contribution in [2.24, 2.45) is 5.92 Å². The number of nitrogens with zero attached hydrogens (tertiary/aromatic N) is 1. The van der Waals surface area contributed by atoms with Crippen molar-refractivity contribution in [3.05, 3.63) is 71.4 Å². The molecule has 0 spiro atoms. The predicted octanol–water partition coefficient (Wildman–Crippen LogP) is 3.12. The van der Waals surface area contributed by atoms with Crippen LogP contribution in [0.4, 0.5) is 0 Å². The molecule has 0 bridgehead atoms. The summed E-state index contributed by atoms with van der Waals surface area (Å²) >= 11 is 0. The normalized spacial score (nSPS) is 20.0. The number of piperidine rings is 1. The Hall–Kier alpha value is -3.49. The molecule has 1 saturated heterocycles. The second kappa shape index (κ2) is 10.2. The molecule has 2 amide bonds. The van der Waals surface area contributed by atoms with Gasteiger partial charge in [0.2, 0.25) is 5.91 Å². The van der Waals surface area contributed by atoms with Gasteiger partial charge in [0.1, 0.15) is 12.4 Å². The lowest BCUT2D eigenvalue weighted by Gasteiger charge is -2.43. The molecule has 0 aliphatic carbocycles. The van der Waals surface area contributed by atoms with E-state index >= 15 is 0 Å². The van der Waals surface area contributed by atoms with Crippen molar-refractivity contribution in [1.82, 2.24) is 21.1 Å². The molecule has 1 aliphatic heterocycles. The smallest absolute Gasteiger partial charge is 0.251 e. The molecule has 8 nitrogen and oxygen atoms in total. The van der Waals surface area contributed by atoms with Crippen molar-refractivity contribution in [3.63, 3.8) is 0 Å². The molecule has 34 heavy (non-hydrogen) atoms. The number of benzene rings is 2. The van der Waals surface area contributed by atoms with Crippen molar-refractivity contribution in [3.8, 4) is 5.75 Å². The first kappa shape index (κ1) is 23.7. The van der Waals surface area contributed by atoms with Crippen LogP contribution >= 0.6 is 0 Å². The van der Waals surface area contributed by atoms with Gasteiger partial charge in [-0.2, -0.15) is 0 Å². The average Bonchev–Trinajstić information content (AvgIpc) is 2.84. The third kappa shape index (κ3) is 5.18. The number of carbonyl (C=O) groups excluding carboxylic acids is 2. The van der Waals surface area contributed by atoms with Crippen LogP contribution in [0.2, 0.25) is 0 Å². The highest BCUT2D eigenvalue weighted by Crippen LogP contribution is 2.29. The summed E-state index contributed by atoms with van der Waals surface area (Å²) in [4.78, 5) is 29.5. The molecule has 2 heterocycles. The van der Waals surface area contributed by atoms with Crippen LogP contribution in [0.25, 0.3) is 10.9 Å². The maximum Gasteiger partial charge on any atom is 0.251 e. The Morgan fingerprint density at radius 2 is 1.97 bits per heavy atom. The molecule has 2 atom stereocenters. The summed E-state index contributed by atoms with van der Waals surface area (Å²) in [5.74, 6) is -0.109. The second-order valence-electron chi connectivity index (χ2n) is 8.93. The summed E-state index contributed by atoms with van der Waals surface area (Å²) in [6.07, 6.45) is 0.604. The maximum atomic E-state index is 13.0. The van der Waals surface area contributed by atoms with Crippen LogP contribution in [-0.4, -0.2) is 40.6 Å². The third-order valence-corrected chi connectivity index (χ3v) is 6.55. The van der Waals surface area contributed by atoms with Crippen LogP contribution in [-0.2, 0) is 11.4 Å². The highest BCUT2D eigenvalue weighted by Gasteiger charge is 2.41. The van der Waals surface area contributed by atoms with Gasteiger partial charge in [-0.05, 0) is 68.8 Å². The highest BCUT2D eigenvalue weighted by atomic mass is 16.5. The molecule has 4 N–H and O–H groups in total. The quantitative estimate of drug-likeness (QED) is 0.317. The third-order valence-electron chi connectivity index (χ3n) is 6.55. The Kier molecular flexibility index (Phi) is 7.09. The van der Waals surface area contributed by atoms with E-state index in [4.69, 9.17) is 9.94 Å². The number of hydroxylamine groups is 1. The number of hydrogen-bond acceptors (Lipinski definition) is 6. The van der Waals surface area contributed by atoms with Gasteiger partial charge >= 0.3 is 0 Å². The Morgan fingerprint density at radius 1 is 1.21 bits per heavy atom. The molecule has 8 heteroatoms. The summed E-state index contributed by atoms with van der Waals surface area (Å²) in [7, 11) is 0. The van der Waals surface area contributed by atoms with Crippen LogP contribution in [0, 0.1) is 12.8 Å². The number of nitrogens with one attached hydrogen (secondary N) is 3. The minimum absolute atomic E-state index is 0.0125. The second-order valence-corrected chi connectivity index (χ2v) is 8.93. The van der Waals surface area contributed by atoms with Crippen molar-refractivity contribution in [2.75, 3.05) is 13.1 Å². The minimum atomic E-state index is -0.732. The average molecular weight is 463 g/mol. The number of aromatic nitrogens is 1. The van der Waals surface area contributed by atoms with Gasteiger partial charge in [0.15, 0.2) is 0 Å². The lowest BCUT2D eigenvalue weighted by molar-refractivity contribution is -0.131. The molecule has 2 aromatic carbocycles. The molecule has 4 rings (SSSR count). The van der Waals surface area contributed by atoms with Gasteiger partial charge in [0.25, 0.3) is 5.91 Å². The monoisotopic (exact) mass is 462 g/mol. The summed E-state index contributed by atoms with van der Waals surface area (Å²) in [5, 5.41) is 16.4. The number of fused-ring (bicyclic) bond motifs is 1. The molecule has 0 saturated carbocycles. The molecular formula is C26H30N4O4. The fraction of sp³-hybridized carbons (Fsp3) is 0.346. The van der Waals surface area contributed by atoms with Gasteiger partial charge in [-0.25, -0.2) is 5.48 Å². The van der Waals surface area contributed by atoms with E-state index < -0.39 is 11.4 Å². The zero-order chi connectivity index (χ0) is 24.1. The van der Waals surface area contributed by atoms with Gasteiger partial charge in [-0.15, -0.1) is 0 Å². The van der Waals surface area contributed by atoms with Gasteiger partial charge in [-0.1, -0.05) is 25.1 Å². The lowest BCUT2D eigenvalue weighted by Crippen LogP contribution is -2.61. The Bertz CT molecular complexity index is 1180. The minimum Gasteiger partial charge on any atom is -0.489 e. The first-order valence-electron chi connectivity index (χ1n) is 11.4. The molecule has 1 fully saturated rings. The first-order chi connectivity index (χ1) is 16.4. The topological polar surface area (TPSA) is 113 Å². The van der Waals surface area contributed by atoms with Crippen LogP contribution in [0.5, 0.6) is 5.75 Å². The van der Waals surface area contributed by atoms with E-state index in [1.165, 1.54) is 0 Å². The van der Waals surface area contributed by atoms with Crippen LogP contribution in [0.15, 0.2) is 54.6 Å². The van der Waals surface area contributed by atoms with E-state index in [9.17, 15) is 9.59 Å². The number of para-hydroxylation sites is 1. The molecule has 0 radical (unpaired) electrons. The van der Waals surface area contributed by atoms with E-state index in [2.05, 4.69) is 15.6 Å². The van der Waals surface area contributed by atoms with Gasteiger partial charge in [-0.3, -0.25) is 19.8 Å². The van der Waals surface area contributed by atoms with Gasteiger partial charge in [0, 0.05) is 22.2 Å². The fourth-order valence-corrected chi connectivity index (χ4v) is 4.57. The summed E-state index contributed by atoms with van der Waals surface area (Å²) in [5.41, 5.74) is 4.35. The standard InChI is InChI=1S/C26H30N4O4/c1-17-15-27-12-11-26(17,14-24(31)30-33)29-25(32)19-7-9-21(10-8-19)34-16-20-13-18(2)28-23-6-4-3-5-22(20)23/h3-10,13,17,27,33H,11-12,14-16H2,1-2H3,(H,29,32)(H,30,31). The summed E-state index contributed by atoms with van der Waals surface area (Å²) < 4.78 is 6.00. The maximum absolute atomic E-state index is 13.0. The van der Waals surface area contributed by atoms with E-state index in [-0.39, 0.29) is 18.2 Å². The molecule has 2 unspecified atom stereocenters. The van der Waals surface area contributed by atoms with E-state index in [1.807, 2.05) is 44.2 Å². The van der Waals surface area contributed by atoms with E-state index in [1.54, 1.807) is 29.7 Å². The van der Waals surface area contributed by atoms with Gasteiger partial charge in [0.05, 0.1) is 17.5 Å². The number of amides is 2. The fourth-order valence-electron chi connectivity index (χ4n) is 4.57. The summed E-state index contributed by atoms with van der Waals surface area (Å²) in [6.45, 7) is 5.69. The number of aryl methyl sites for hydroxylation is 1. The van der Waals surface area contributed by atoms with Crippen molar-refractivity contribution < 1.29 is 19.5 Å². The Labute approximate surface area is 198 Å². The van der Waals surface area contributed by atoms with Crippen molar-refractivity contribution in [2.45, 2.75) is 38.8 Å². The summed E-state index contributed by atoms with van der Waals surface area (Å²) in [6, 6.07) is 16.9. The Morgan fingerprint density at radius 3 is 2.71 bits per heavy atom. The zero-order valence-electron chi connectivity index (χ0n) is 19.4. The Balaban J connectivity index is 1.45.